The minimum Gasteiger partial charge on any atom is -0.463 e. The van der Waals surface area contributed by atoms with E-state index in [0.717, 1.165) is 36.8 Å². The maximum absolute atomic E-state index is 12.0. The molecule has 2 fully saturated rings. The van der Waals surface area contributed by atoms with Crippen LogP contribution >= 0.6 is 0 Å². The molecule has 11 nitrogen and oxygen atoms in total. The lowest BCUT2D eigenvalue weighted by atomic mass is 10.3. The number of aromatic amines is 2. The third-order valence-corrected chi connectivity index (χ3v) is 5.43. The summed E-state index contributed by atoms with van der Waals surface area (Å²) >= 11 is 0. The Hall–Kier alpha value is -4.28. The maximum Gasteiger partial charge on any atom is 0.354 e. The molecule has 0 atom stereocenters. The number of furan rings is 2. The molecule has 0 aromatic carbocycles. The van der Waals surface area contributed by atoms with Crippen LogP contribution in [0.15, 0.2) is 45.6 Å². The molecule has 3 N–H and O–H groups in total. The van der Waals surface area contributed by atoms with Crippen molar-refractivity contribution in [1.82, 2.24) is 20.2 Å². The standard InChI is InChI=1S/C11H10N2O3.C9H9NO3.C4H7NO/c14-10-2-1-4-13(10)11(15)8-6-9-7(12-8)3-5-16-9;1-2-12-9(11)7-5-8-6(10-7)3-4-13-8;6-4-2-1-3-5-4/h3,5-6,12H,1-2,4H2;3-5,10H,2H2,1H3;1-3H2,(H,5,6). The number of ether oxygens (including phenoxy) is 1. The van der Waals surface area contributed by atoms with Crippen molar-refractivity contribution in [1.29, 1.82) is 0 Å². The molecule has 6 rings (SSSR count). The van der Waals surface area contributed by atoms with E-state index in [1.807, 2.05) is 0 Å². The second kappa shape index (κ2) is 10.8. The predicted octanol–water partition coefficient (Wildman–Crippen LogP) is 3.36. The molecular formula is C24H26N4O7. The molecule has 0 aliphatic carbocycles. The molecule has 3 amide bonds. The number of hydrogen-bond acceptors (Lipinski definition) is 7. The number of carbonyl (C=O) groups is 4. The number of esters is 1. The third kappa shape index (κ3) is 5.62. The summed E-state index contributed by atoms with van der Waals surface area (Å²) in [5.41, 5.74) is 3.72. The lowest BCUT2D eigenvalue weighted by Gasteiger charge is -2.11. The number of hydrogen-bond donors (Lipinski definition) is 3. The lowest BCUT2D eigenvalue weighted by Crippen LogP contribution is -2.32. The summed E-state index contributed by atoms with van der Waals surface area (Å²) < 4.78 is 15.1. The topological polar surface area (TPSA) is 151 Å². The Morgan fingerprint density at radius 1 is 0.971 bits per heavy atom. The molecular weight excluding hydrogens is 456 g/mol. The van der Waals surface area contributed by atoms with Gasteiger partial charge < -0.3 is 28.9 Å². The number of nitrogens with zero attached hydrogens (tertiary/aromatic N) is 1. The van der Waals surface area contributed by atoms with Crippen LogP contribution < -0.4 is 5.32 Å². The van der Waals surface area contributed by atoms with Gasteiger partial charge in [-0.05, 0) is 19.8 Å². The summed E-state index contributed by atoms with van der Waals surface area (Å²) in [6.07, 6.45) is 6.09. The molecule has 2 aliphatic rings. The first-order chi connectivity index (χ1) is 17.0. The van der Waals surface area contributed by atoms with Crippen LogP contribution in [0.5, 0.6) is 0 Å². The number of nitrogens with one attached hydrogen (secondary N) is 3. The number of carbonyl (C=O) groups excluding carboxylic acids is 4. The van der Waals surface area contributed by atoms with Crippen molar-refractivity contribution in [2.75, 3.05) is 19.7 Å². The van der Waals surface area contributed by atoms with Crippen LogP contribution in [0.1, 0.15) is 53.6 Å². The number of H-pyrrole nitrogens is 2. The Morgan fingerprint density at radius 3 is 2.11 bits per heavy atom. The third-order valence-electron chi connectivity index (χ3n) is 5.43. The van der Waals surface area contributed by atoms with Gasteiger partial charge in [0.15, 0.2) is 11.2 Å². The van der Waals surface area contributed by atoms with Crippen molar-refractivity contribution in [3.8, 4) is 0 Å². The van der Waals surface area contributed by atoms with Crippen LogP contribution in [0.25, 0.3) is 22.2 Å². The Labute approximate surface area is 199 Å². The maximum atomic E-state index is 12.0. The number of aromatic nitrogens is 2. The van der Waals surface area contributed by atoms with Gasteiger partial charge in [0, 0.05) is 50.2 Å². The molecule has 35 heavy (non-hydrogen) atoms. The Morgan fingerprint density at radius 2 is 1.63 bits per heavy atom. The van der Waals surface area contributed by atoms with Crippen molar-refractivity contribution in [3.63, 3.8) is 0 Å². The van der Waals surface area contributed by atoms with Gasteiger partial charge >= 0.3 is 5.97 Å². The Kier molecular flexibility index (Phi) is 7.34. The molecule has 11 heteroatoms. The second-order valence-electron chi connectivity index (χ2n) is 7.89. The monoisotopic (exact) mass is 482 g/mol. The zero-order valence-electron chi connectivity index (χ0n) is 19.2. The predicted molar refractivity (Wildman–Crippen MR) is 125 cm³/mol. The molecule has 0 bridgehead atoms. The number of rotatable bonds is 3. The fourth-order valence-electron chi connectivity index (χ4n) is 3.70. The summed E-state index contributed by atoms with van der Waals surface area (Å²) in [6.45, 7) is 3.54. The van der Waals surface area contributed by atoms with Crippen molar-refractivity contribution >= 4 is 45.9 Å². The fraction of sp³-hybridized carbons (Fsp3) is 0.333. The molecule has 2 saturated heterocycles. The molecule has 184 valence electrons. The highest BCUT2D eigenvalue weighted by Gasteiger charge is 2.28. The first-order valence-electron chi connectivity index (χ1n) is 11.4. The van der Waals surface area contributed by atoms with Crippen molar-refractivity contribution < 1.29 is 32.7 Å². The molecule has 0 saturated carbocycles. The van der Waals surface area contributed by atoms with Gasteiger partial charge in [-0.2, -0.15) is 0 Å². The number of amides is 3. The molecule has 0 unspecified atom stereocenters. The minimum absolute atomic E-state index is 0.101. The Balaban J connectivity index is 0.000000136. The highest BCUT2D eigenvalue weighted by molar-refractivity contribution is 6.06. The largest absolute Gasteiger partial charge is 0.463 e. The van der Waals surface area contributed by atoms with E-state index < -0.39 is 0 Å². The summed E-state index contributed by atoms with van der Waals surface area (Å²) in [6, 6.07) is 6.77. The van der Waals surface area contributed by atoms with Crippen LogP contribution in [0, 0.1) is 0 Å². The smallest absolute Gasteiger partial charge is 0.354 e. The molecule has 0 radical (unpaired) electrons. The van der Waals surface area contributed by atoms with E-state index in [0.29, 0.717) is 42.1 Å². The summed E-state index contributed by atoms with van der Waals surface area (Å²) in [5, 5.41) is 2.68. The Bertz CT molecular complexity index is 1280. The van der Waals surface area contributed by atoms with Crippen molar-refractivity contribution in [2.45, 2.75) is 32.6 Å². The highest BCUT2D eigenvalue weighted by Crippen LogP contribution is 2.20. The van der Waals surface area contributed by atoms with Gasteiger partial charge in [0.1, 0.15) is 11.4 Å². The van der Waals surface area contributed by atoms with E-state index in [9.17, 15) is 19.2 Å². The first kappa shape index (κ1) is 23.9. The quantitative estimate of drug-likeness (QED) is 0.299. The lowest BCUT2D eigenvalue weighted by molar-refractivity contribution is -0.125. The van der Waals surface area contributed by atoms with Gasteiger partial charge in [-0.25, -0.2) is 4.79 Å². The van der Waals surface area contributed by atoms with Gasteiger partial charge in [0.25, 0.3) is 5.91 Å². The number of imide groups is 1. The van der Waals surface area contributed by atoms with E-state index in [1.54, 1.807) is 43.7 Å². The first-order valence-corrected chi connectivity index (χ1v) is 11.4. The average molecular weight is 482 g/mol. The van der Waals surface area contributed by atoms with E-state index in [-0.39, 0.29) is 23.7 Å². The van der Waals surface area contributed by atoms with E-state index >= 15 is 0 Å². The summed E-state index contributed by atoms with van der Waals surface area (Å²) in [4.78, 5) is 51.8. The molecule has 4 aromatic heterocycles. The summed E-state index contributed by atoms with van der Waals surface area (Å²) in [5.74, 6) is -0.519. The van der Waals surface area contributed by atoms with Crippen LogP contribution in [-0.4, -0.2) is 58.3 Å². The summed E-state index contributed by atoms with van der Waals surface area (Å²) in [7, 11) is 0. The van der Waals surface area contributed by atoms with Crippen LogP contribution in [0.4, 0.5) is 0 Å². The van der Waals surface area contributed by atoms with Crippen LogP contribution in [0.3, 0.4) is 0 Å². The van der Waals surface area contributed by atoms with Gasteiger partial charge in [-0.15, -0.1) is 0 Å². The van der Waals surface area contributed by atoms with Crippen LogP contribution in [-0.2, 0) is 14.3 Å². The normalized spacial score (nSPS) is 14.9. The van der Waals surface area contributed by atoms with E-state index in [4.69, 9.17) is 13.6 Å². The van der Waals surface area contributed by atoms with Crippen molar-refractivity contribution in [3.05, 3.63) is 48.2 Å². The minimum atomic E-state index is -0.353. The SMILES string of the molecule is CCOC(=O)c1cc2occc2[nH]1.O=C1CCCN1.O=C1CCCN1C(=O)c1cc2occc2[nH]1. The van der Waals surface area contributed by atoms with E-state index in [2.05, 4.69) is 15.3 Å². The molecule has 2 aliphatic heterocycles. The van der Waals surface area contributed by atoms with Gasteiger partial charge in [0.05, 0.1) is 30.2 Å². The van der Waals surface area contributed by atoms with Crippen LogP contribution in [0.2, 0.25) is 0 Å². The zero-order chi connectivity index (χ0) is 24.8. The second-order valence-corrected chi connectivity index (χ2v) is 7.89. The van der Waals surface area contributed by atoms with Gasteiger partial charge in [-0.1, -0.05) is 0 Å². The zero-order valence-corrected chi connectivity index (χ0v) is 19.2. The van der Waals surface area contributed by atoms with E-state index in [1.165, 1.54) is 4.90 Å². The molecule has 0 spiro atoms. The highest BCUT2D eigenvalue weighted by atomic mass is 16.5. The molecule has 4 aromatic rings. The van der Waals surface area contributed by atoms with Crippen molar-refractivity contribution in [2.24, 2.45) is 0 Å². The molecule has 6 heterocycles. The fourth-order valence-corrected chi connectivity index (χ4v) is 3.70. The average Bonchev–Trinajstić information content (AvgIpc) is 3.64. The van der Waals surface area contributed by atoms with Gasteiger partial charge in [-0.3, -0.25) is 19.3 Å². The number of fused-ring (bicyclic) bond motifs is 2. The van der Waals surface area contributed by atoms with Gasteiger partial charge in [0.2, 0.25) is 11.8 Å². The number of likely N-dealkylation sites (tertiary alicyclic amines) is 1.